The van der Waals surface area contributed by atoms with Gasteiger partial charge in [0.25, 0.3) is 0 Å². The van der Waals surface area contributed by atoms with Gasteiger partial charge in [-0.1, -0.05) is 6.42 Å². The van der Waals surface area contributed by atoms with Crippen molar-refractivity contribution in [2.24, 2.45) is 16.7 Å². The molecular weight excluding hydrogens is 392 g/mol. The highest BCUT2D eigenvalue weighted by Crippen LogP contribution is 2.67. The number of esters is 2. The predicted molar refractivity (Wildman–Crippen MR) is 103 cm³/mol. The lowest BCUT2D eigenvalue weighted by Gasteiger charge is -2.69. The first-order valence-corrected chi connectivity index (χ1v) is 10.5. The molecule has 2 bridgehead atoms. The van der Waals surface area contributed by atoms with Gasteiger partial charge in [0.1, 0.15) is 18.3 Å². The van der Waals surface area contributed by atoms with Gasteiger partial charge in [0.15, 0.2) is 0 Å². The first kappa shape index (κ1) is 21.3. The molecule has 30 heavy (non-hydrogen) atoms. The normalized spacial score (nSPS) is 42.9. The fourth-order valence-electron chi connectivity index (χ4n) is 6.64. The summed E-state index contributed by atoms with van der Waals surface area (Å²) in [5.41, 5.74) is -4.66. The van der Waals surface area contributed by atoms with E-state index < -0.39 is 52.6 Å². The molecular formula is C22H30O8. The summed E-state index contributed by atoms with van der Waals surface area (Å²) in [4.78, 5) is 24.8. The van der Waals surface area contributed by atoms with E-state index in [2.05, 4.69) is 0 Å². The van der Waals surface area contributed by atoms with Crippen molar-refractivity contribution < 1.29 is 38.8 Å². The topological polar surface area (TPSA) is 126 Å². The van der Waals surface area contributed by atoms with E-state index in [9.17, 15) is 24.9 Å². The number of ether oxygens (including phenoxy) is 2. The summed E-state index contributed by atoms with van der Waals surface area (Å²) in [5.74, 6) is -1.70. The van der Waals surface area contributed by atoms with Crippen LogP contribution in [0.15, 0.2) is 23.0 Å². The Morgan fingerprint density at radius 1 is 1.33 bits per heavy atom. The van der Waals surface area contributed by atoms with Gasteiger partial charge in [-0.2, -0.15) is 0 Å². The number of aliphatic hydroxyl groups excluding tert-OH is 1. The van der Waals surface area contributed by atoms with Crippen molar-refractivity contribution in [1.82, 2.24) is 0 Å². The molecule has 166 valence electrons. The molecule has 0 aromatic carbocycles. The molecule has 6 atom stereocenters. The zero-order valence-electron chi connectivity index (χ0n) is 17.4. The third-order valence-corrected chi connectivity index (χ3v) is 7.94. The smallest absolute Gasteiger partial charge is 0.314 e. The number of rotatable bonds is 5. The first-order chi connectivity index (χ1) is 14.1. The standard InChI is InChI=1S/C22H30O8/c1-14(24)30-16-10-19(2,26)22(27,8-4-15-5-9-28-11-15)21-7-3-6-20(12-23,17(16)21)18(25)29-13-21/h5,9,11,16-17,23,26-27H,3-4,6-8,10,12-13H2,1-2H3. The third kappa shape index (κ3) is 2.77. The van der Waals surface area contributed by atoms with Gasteiger partial charge in [-0.05, 0) is 44.2 Å². The maximum atomic E-state index is 12.9. The molecule has 1 saturated heterocycles. The molecule has 1 aromatic heterocycles. The Labute approximate surface area is 175 Å². The molecule has 3 fully saturated rings. The highest BCUT2D eigenvalue weighted by molar-refractivity contribution is 5.79. The number of aliphatic hydroxyl groups is 3. The second-order valence-corrected chi connectivity index (χ2v) is 9.50. The van der Waals surface area contributed by atoms with Crippen LogP contribution in [0.4, 0.5) is 0 Å². The van der Waals surface area contributed by atoms with Crippen LogP contribution in [0, 0.1) is 16.7 Å². The molecule has 6 unspecified atom stereocenters. The number of carbonyl (C=O) groups excluding carboxylic acids is 2. The molecule has 4 rings (SSSR count). The van der Waals surface area contributed by atoms with Gasteiger partial charge in [-0.3, -0.25) is 9.59 Å². The monoisotopic (exact) mass is 422 g/mol. The van der Waals surface area contributed by atoms with Gasteiger partial charge in [0.2, 0.25) is 0 Å². The number of carbonyl (C=O) groups is 2. The minimum absolute atomic E-state index is 0.0318. The van der Waals surface area contributed by atoms with Crippen molar-refractivity contribution >= 4 is 11.9 Å². The summed E-state index contributed by atoms with van der Waals surface area (Å²) in [6.07, 6.45) is 4.42. The second kappa shape index (κ2) is 7.07. The molecule has 3 N–H and O–H groups in total. The average molecular weight is 422 g/mol. The Morgan fingerprint density at radius 2 is 2.10 bits per heavy atom. The molecule has 0 amide bonds. The van der Waals surface area contributed by atoms with Crippen molar-refractivity contribution in [3.05, 3.63) is 24.2 Å². The zero-order chi connectivity index (χ0) is 21.8. The Kier molecular flexibility index (Phi) is 5.03. The molecule has 1 aromatic rings. The fraction of sp³-hybridized carbons (Fsp3) is 0.727. The number of hydrogen-bond acceptors (Lipinski definition) is 8. The van der Waals surface area contributed by atoms with Gasteiger partial charge in [-0.15, -0.1) is 0 Å². The van der Waals surface area contributed by atoms with Crippen molar-refractivity contribution in [2.45, 2.75) is 69.7 Å². The van der Waals surface area contributed by atoms with Crippen LogP contribution in [0.2, 0.25) is 0 Å². The first-order valence-electron chi connectivity index (χ1n) is 10.5. The number of cyclic esters (lactones) is 1. The summed E-state index contributed by atoms with van der Waals surface area (Å²) in [5, 5.41) is 34.0. The number of aryl methyl sites for hydroxylation is 1. The molecule has 8 nitrogen and oxygen atoms in total. The zero-order valence-corrected chi connectivity index (χ0v) is 17.4. The fourth-order valence-corrected chi connectivity index (χ4v) is 6.64. The minimum Gasteiger partial charge on any atom is -0.472 e. The van der Waals surface area contributed by atoms with Crippen LogP contribution in [0.5, 0.6) is 0 Å². The Morgan fingerprint density at radius 3 is 2.73 bits per heavy atom. The molecule has 2 aliphatic carbocycles. The van der Waals surface area contributed by atoms with Crippen molar-refractivity contribution in [3.8, 4) is 0 Å². The predicted octanol–water partition coefficient (Wildman–Crippen LogP) is 1.35. The maximum absolute atomic E-state index is 12.9. The second-order valence-electron chi connectivity index (χ2n) is 9.50. The van der Waals surface area contributed by atoms with E-state index in [1.807, 2.05) is 0 Å². The average Bonchev–Trinajstić information content (AvgIpc) is 3.20. The van der Waals surface area contributed by atoms with E-state index in [4.69, 9.17) is 13.9 Å². The minimum atomic E-state index is -1.62. The molecule has 0 spiro atoms. The molecule has 3 aliphatic rings. The highest BCUT2D eigenvalue weighted by atomic mass is 16.6. The van der Waals surface area contributed by atoms with Crippen molar-refractivity contribution in [2.75, 3.05) is 13.2 Å². The van der Waals surface area contributed by atoms with Crippen molar-refractivity contribution in [1.29, 1.82) is 0 Å². The Hall–Kier alpha value is -1.90. The summed E-state index contributed by atoms with van der Waals surface area (Å²) in [7, 11) is 0. The lowest BCUT2D eigenvalue weighted by Crippen LogP contribution is -2.79. The molecule has 2 heterocycles. The van der Waals surface area contributed by atoms with Crippen LogP contribution in [0.3, 0.4) is 0 Å². The number of furan rings is 1. The van der Waals surface area contributed by atoms with Crippen LogP contribution in [-0.4, -0.2) is 57.8 Å². The summed E-state index contributed by atoms with van der Waals surface area (Å²) in [6.45, 7) is 2.28. The summed E-state index contributed by atoms with van der Waals surface area (Å²) >= 11 is 0. The Balaban J connectivity index is 1.83. The van der Waals surface area contributed by atoms with E-state index in [0.717, 1.165) is 5.56 Å². The molecule has 2 saturated carbocycles. The molecule has 0 radical (unpaired) electrons. The summed E-state index contributed by atoms with van der Waals surface area (Å²) in [6, 6.07) is 1.80. The summed E-state index contributed by atoms with van der Waals surface area (Å²) < 4.78 is 16.3. The van der Waals surface area contributed by atoms with Gasteiger partial charge < -0.3 is 29.2 Å². The van der Waals surface area contributed by atoms with Gasteiger partial charge >= 0.3 is 11.9 Å². The maximum Gasteiger partial charge on any atom is 0.314 e. The van der Waals surface area contributed by atoms with E-state index >= 15 is 0 Å². The van der Waals surface area contributed by atoms with Gasteiger partial charge in [0, 0.05) is 24.7 Å². The van der Waals surface area contributed by atoms with E-state index in [1.54, 1.807) is 25.5 Å². The Bertz CT molecular complexity index is 817. The van der Waals surface area contributed by atoms with Crippen LogP contribution < -0.4 is 0 Å². The van der Waals surface area contributed by atoms with E-state index in [0.29, 0.717) is 25.7 Å². The largest absolute Gasteiger partial charge is 0.472 e. The lowest BCUT2D eigenvalue weighted by molar-refractivity contribution is -0.333. The van der Waals surface area contributed by atoms with Crippen LogP contribution >= 0.6 is 0 Å². The highest BCUT2D eigenvalue weighted by Gasteiger charge is 2.77. The van der Waals surface area contributed by atoms with Crippen LogP contribution in [0.1, 0.15) is 51.5 Å². The SMILES string of the molecule is CC(=O)OC1CC(C)(O)C(O)(CCc2ccoc2)C23CCCC(CO)(C(=O)OC2)C13. The van der Waals surface area contributed by atoms with Gasteiger partial charge in [0.05, 0.1) is 30.1 Å². The number of hydrogen-bond donors (Lipinski definition) is 3. The molecule has 8 heteroatoms. The van der Waals surface area contributed by atoms with E-state index in [-0.39, 0.29) is 19.4 Å². The lowest BCUT2D eigenvalue weighted by atomic mass is 9.40. The van der Waals surface area contributed by atoms with Crippen LogP contribution in [0.25, 0.3) is 0 Å². The quantitative estimate of drug-likeness (QED) is 0.607. The van der Waals surface area contributed by atoms with Crippen LogP contribution in [-0.2, 0) is 25.5 Å². The molecule has 1 aliphatic heterocycles. The third-order valence-electron chi connectivity index (χ3n) is 7.94. The van der Waals surface area contributed by atoms with Crippen molar-refractivity contribution in [3.63, 3.8) is 0 Å². The van der Waals surface area contributed by atoms with E-state index in [1.165, 1.54) is 6.92 Å². The van der Waals surface area contributed by atoms with Gasteiger partial charge in [-0.25, -0.2) is 0 Å².